The van der Waals surface area contributed by atoms with Gasteiger partial charge in [0.25, 0.3) is 5.91 Å². The number of nitrogens with one attached hydrogen (secondary N) is 1. The summed E-state index contributed by atoms with van der Waals surface area (Å²) in [4.78, 5) is 12.3. The van der Waals surface area contributed by atoms with Crippen molar-refractivity contribution >= 4 is 15.9 Å². The van der Waals surface area contributed by atoms with E-state index >= 15 is 0 Å². The Bertz CT molecular complexity index is 886. The van der Waals surface area contributed by atoms with Crippen LogP contribution in [0.15, 0.2) is 53.4 Å². The second kappa shape index (κ2) is 8.23. The average molecular weight is 387 g/mol. The van der Waals surface area contributed by atoms with Crippen LogP contribution in [0.5, 0.6) is 0 Å². The quantitative estimate of drug-likeness (QED) is 0.757. The molecule has 1 aliphatic rings. The Balaban J connectivity index is 1.66. The molecule has 1 amide bonds. The molecule has 144 valence electrons. The van der Waals surface area contributed by atoms with Crippen molar-refractivity contribution in [2.24, 2.45) is 0 Å². The van der Waals surface area contributed by atoms with E-state index < -0.39 is 10.0 Å². The normalized spacial score (nSPS) is 14.3. The standard InChI is InChI=1S/C21H26N2O3S/c1-3-4-16-7-13-20(14-8-16)27(25,26)23(2)15-17-5-9-18(10-6-17)21(24)22-19-11-12-19/h5-10,13-14,19H,3-4,11-12,15H2,1-2H3,(H,22,24). The van der Waals surface area contributed by atoms with Crippen LogP contribution in [0.25, 0.3) is 0 Å². The van der Waals surface area contributed by atoms with E-state index in [0.717, 1.165) is 36.8 Å². The molecule has 0 radical (unpaired) electrons. The fraction of sp³-hybridized carbons (Fsp3) is 0.381. The molecule has 0 aromatic heterocycles. The summed E-state index contributed by atoms with van der Waals surface area (Å²) in [7, 11) is -1.98. The van der Waals surface area contributed by atoms with Gasteiger partial charge in [-0.3, -0.25) is 4.79 Å². The van der Waals surface area contributed by atoms with Gasteiger partial charge in [-0.2, -0.15) is 4.31 Å². The summed E-state index contributed by atoms with van der Waals surface area (Å²) in [5, 5.41) is 2.94. The summed E-state index contributed by atoms with van der Waals surface area (Å²) < 4.78 is 26.9. The predicted molar refractivity (Wildman–Crippen MR) is 106 cm³/mol. The largest absolute Gasteiger partial charge is 0.349 e. The molecule has 2 aromatic carbocycles. The maximum atomic E-state index is 12.8. The third-order valence-corrected chi connectivity index (χ3v) is 6.52. The van der Waals surface area contributed by atoms with Gasteiger partial charge in [0.2, 0.25) is 10.0 Å². The zero-order valence-corrected chi connectivity index (χ0v) is 16.6. The van der Waals surface area contributed by atoms with Gasteiger partial charge >= 0.3 is 0 Å². The molecule has 1 N–H and O–H groups in total. The van der Waals surface area contributed by atoms with E-state index in [1.807, 2.05) is 12.1 Å². The van der Waals surface area contributed by atoms with Crippen LogP contribution in [0.4, 0.5) is 0 Å². The van der Waals surface area contributed by atoms with E-state index in [2.05, 4.69) is 12.2 Å². The Labute approximate surface area is 161 Å². The van der Waals surface area contributed by atoms with Crippen molar-refractivity contribution in [2.75, 3.05) is 7.05 Å². The molecular weight excluding hydrogens is 360 g/mol. The first-order chi connectivity index (χ1) is 12.9. The molecule has 0 atom stereocenters. The number of nitrogens with zero attached hydrogens (tertiary/aromatic N) is 1. The topological polar surface area (TPSA) is 66.5 Å². The molecule has 2 aromatic rings. The number of rotatable bonds is 8. The van der Waals surface area contributed by atoms with Gasteiger partial charge in [0, 0.05) is 25.2 Å². The molecular formula is C21H26N2O3S. The fourth-order valence-corrected chi connectivity index (χ4v) is 4.06. The minimum Gasteiger partial charge on any atom is -0.349 e. The molecule has 1 fully saturated rings. The molecule has 27 heavy (non-hydrogen) atoms. The van der Waals surface area contributed by atoms with Crippen molar-refractivity contribution in [3.63, 3.8) is 0 Å². The van der Waals surface area contributed by atoms with E-state index in [1.165, 1.54) is 4.31 Å². The summed E-state index contributed by atoms with van der Waals surface area (Å²) in [6.45, 7) is 2.35. The van der Waals surface area contributed by atoms with Crippen molar-refractivity contribution in [3.05, 3.63) is 65.2 Å². The number of hydrogen-bond donors (Lipinski definition) is 1. The second-order valence-corrected chi connectivity index (χ2v) is 9.14. The summed E-state index contributed by atoms with van der Waals surface area (Å²) in [5.74, 6) is -0.0720. The molecule has 3 rings (SSSR count). The highest BCUT2D eigenvalue weighted by Crippen LogP contribution is 2.20. The number of benzene rings is 2. The molecule has 1 aliphatic carbocycles. The second-order valence-electron chi connectivity index (χ2n) is 7.10. The lowest BCUT2D eigenvalue weighted by Gasteiger charge is -2.18. The SMILES string of the molecule is CCCc1ccc(S(=O)(=O)N(C)Cc2ccc(C(=O)NC3CC3)cc2)cc1. The molecule has 0 spiro atoms. The van der Waals surface area contributed by atoms with E-state index in [-0.39, 0.29) is 12.5 Å². The van der Waals surface area contributed by atoms with Crippen molar-refractivity contribution in [1.29, 1.82) is 0 Å². The molecule has 1 saturated carbocycles. The fourth-order valence-electron chi connectivity index (χ4n) is 2.90. The van der Waals surface area contributed by atoms with Gasteiger partial charge in [0.05, 0.1) is 4.90 Å². The molecule has 0 bridgehead atoms. The highest BCUT2D eigenvalue weighted by Gasteiger charge is 2.24. The Morgan fingerprint density at radius 2 is 1.63 bits per heavy atom. The van der Waals surface area contributed by atoms with E-state index in [4.69, 9.17) is 0 Å². The van der Waals surface area contributed by atoms with Gasteiger partial charge < -0.3 is 5.32 Å². The summed E-state index contributed by atoms with van der Waals surface area (Å²) in [5.41, 5.74) is 2.58. The first-order valence-corrected chi connectivity index (χ1v) is 10.8. The van der Waals surface area contributed by atoms with Crippen LogP contribution in [0.3, 0.4) is 0 Å². The lowest BCUT2D eigenvalue weighted by molar-refractivity contribution is 0.0951. The van der Waals surface area contributed by atoms with Crippen molar-refractivity contribution in [1.82, 2.24) is 9.62 Å². The minimum absolute atomic E-state index is 0.0720. The minimum atomic E-state index is -3.55. The molecule has 0 saturated heterocycles. The van der Waals surface area contributed by atoms with Gasteiger partial charge in [-0.05, 0) is 54.7 Å². The van der Waals surface area contributed by atoms with Crippen molar-refractivity contribution < 1.29 is 13.2 Å². The molecule has 0 aliphatic heterocycles. The lowest BCUT2D eigenvalue weighted by atomic mass is 10.1. The average Bonchev–Trinajstić information content (AvgIpc) is 3.47. The smallest absolute Gasteiger partial charge is 0.251 e. The van der Waals surface area contributed by atoms with Gasteiger partial charge in [0.1, 0.15) is 0 Å². The van der Waals surface area contributed by atoms with Crippen LogP contribution < -0.4 is 5.32 Å². The van der Waals surface area contributed by atoms with E-state index in [9.17, 15) is 13.2 Å². The number of aryl methyl sites for hydroxylation is 1. The number of amides is 1. The Kier molecular flexibility index (Phi) is 5.97. The third-order valence-electron chi connectivity index (χ3n) is 4.70. The van der Waals surface area contributed by atoms with Crippen LogP contribution in [-0.4, -0.2) is 31.7 Å². The maximum absolute atomic E-state index is 12.8. The zero-order chi connectivity index (χ0) is 19.4. The Morgan fingerprint density at radius 3 is 2.19 bits per heavy atom. The highest BCUT2D eigenvalue weighted by atomic mass is 32.2. The summed E-state index contributed by atoms with van der Waals surface area (Å²) in [6, 6.07) is 14.5. The van der Waals surface area contributed by atoms with Crippen LogP contribution in [0, 0.1) is 0 Å². The van der Waals surface area contributed by atoms with Crippen molar-refractivity contribution in [2.45, 2.75) is 50.1 Å². The van der Waals surface area contributed by atoms with E-state index in [1.54, 1.807) is 43.4 Å². The molecule has 6 heteroatoms. The van der Waals surface area contributed by atoms with Crippen LogP contribution in [-0.2, 0) is 23.0 Å². The zero-order valence-electron chi connectivity index (χ0n) is 15.8. The summed E-state index contributed by atoms with van der Waals surface area (Å²) >= 11 is 0. The third kappa shape index (κ3) is 4.96. The monoisotopic (exact) mass is 386 g/mol. The number of hydrogen-bond acceptors (Lipinski definition) is 3. The van der Waals surface area contributed by atoms with Crippen LogP contribution >= 0.6 is 0 Å². The first-order valence-electron chi connectivity index (χ1n) is 9.35. The Hall–Kier alpha value is -2.18. The predicted octanol–water partition coefficient (Wildman–Crippen LogP) is 3.35. The van der Waals surface area contributed by atoms with Gasteiger partial charge in [-0.15, -0.1) is 0 Å². The highest BCUT2D eigenvalue weighted by molar-refractivity contribution is 7.89. The number of sulfonamides is 1. The molecule has 0 unspecified atom stereocenters. The van der Waals surface area contributed by atoms with Crippen LogP contribution in [0.2, 0.25) is 0 Å². The van der Waals surface area contributed by atoms with Gasteiger partial charge in [-0.1, -0.05) is 37.6 Å². The van der Waals surface area contributed by atoms with Crippen LogP contribution in [0.1, 0.15) is 47.7 Å². The number of carbonyl (C=O) groups is 1. The lowest BCUT2D eigenvalue weighted by Crippen LogP contribution is -2.27. The number of carbonyl (C=O) groups excluding carboxylic acids is 1. The molecule has 5 nitrogen and oxygen atoms in total. The van der Waals surface area contributed by atoms with Crippen molar-refractivity contribution in [3.8, 4) is 0 Å². The summed E-state index contributed by atoms with van der Waals surface area (Å²) in [6.07, 6.45) is 4.06. The molecule has 0 heterocycles. The van der Waals surface area contributed by atoms with Gasteiger partial charge in [-0.25, -0.2) is 8.42 Å². The Morgan fingerprint density at radius 1 is 1.04 bits per heavy atom. The van der Waals surface area contributed by atoms with E-state index in [0.29, 0.717) is 16.5 Å². The van der Waals surface area contributed by atoms with Gasteiger partial charge in [0.15, 0.2) is 0 Å². The maximum Gasteiger partial charge on any atom is 0.251 e. The first kappa shape index (κ1) is 19.6.